The molecule has 0 amide bonds. The van der Waals surface area contributed by atoms with Crippen LogP contribution in [0.5, 0.6) is 11.5 Å². The molecular weight excluding hydrogens is 464 g/mol. The quantitative estimate of drug-likeness (QED) is 0.286. The molecule has 9 heteroatoms. The molecule has 3 N–H and O–H groups in total. The fourth-order valence-corrected chi connectivity index (χ4v) is 4.87. The number of nitrogens with one attached hydrogen (secondary N) is 1. The third-order valence-corrected chi connectivity index (χ3v) is 6.57. The van der Waals surface area contributed by atoms with Crippen LogP contribution in [0.1, 0.15) is 0 Å². The molecule has 0 aliphatic heterocycles. The van der Waals surface area contributed by atoms with Gasteiger partial charge in [-0.05, 0) is 47.5 Å². The predicted octanol–water partition coefficient (Wildman–Crippen LogP) is 5.66. The molecular formula is C24H17ClN2O5S. The first-order valence-corrected chi connectivity index (χ1v) is 11.6. The molecule has 7 nitrogen and oxygen atoms in total. The Morgan fingerprint density at radius 1 is 1.00 bits per heavy atom. The highest BCUT2D eigenvalue weighted by atomic mass is 35.5. The van der Waals surface area contributed by atoms with Gasteiger partial charge in [-0.1, -0.05) is 41.9 Å². The Labute approximate surface area is 194 Å². The number of aromatic hydroxyl groups is 1. The molecule has 0 saturated carbocycles. The maximum Gasteiger partial charge on any atom is 0.295 e. The minimum Gasteiger partial charge on any atom is -0.507 e. The number of ether oxygens (including phenoxy) is 1. The van der Waals surface area contributed by atoms with Gasteiger partial charge in [0.2, 0.25) is 0 Å². The third kappa shape index (κ3) is 3.68. The summed E-state index contributed by atoms with van der Waals surface area (Å²) in [6.07, 6.45) is 0. The van der Waals surface area contributed by atoms with Gasteiger partial charge in [-0.15, -0.1) is 0 Å². The van der Waals surface area contributed by atoms with Crippen molar-refractivity contribution in [3.8, 4) is 34.0 Å². The molecule has 1 heterocycles. The zero-order valence-corrected chi connectivity index (χ0v) is 18.8. The summed E-state index contributed by atoms with van der Waals surface area (Å²) >= 11 is 6.12. The van der Waals surface area contributed by atoms with Crippen LogP contribution in [0.25, 0.3) is 44.3 Å². The van der Waals surface area contributed by atoms with Crippen molar-refractivity contribution < 1.29 is 22.8 Å². The number of imidazole rings is 1. The molecule has 5 rings (SSSR count). The zero-order chi connectivity index (χ0) is 23.3. The van der Waals surface area contributed by atoms with Crippen LogP contribution in [0.15, 0.2) is 71.6 Å². The first-order chi connectivity index (χ1) is 15.8. The lowest BCUT2D eigenvalue weighted by Crippen LogP contribution is -1.99. The molecule has 4 aromatic carbocycles. The number of phenolic OH excluding ortho intramolecular Hbond substituents is 1. The molecule has 1 aromatic heterocycles. The van der Waals surface area contributed by atoms with Crippen LogP contribution in [-0.4, -0.2) is 35.2 Å². The molecule has 33 heavy (non-hydrogen) atoms. The standard InChI is InChI=1S/C24H17ClN2O5S/c1-32-20-11-14(13-4-2-5-15(25)10-13)8-9-16(20)24-26-18-12-21(33(29,30)31)17-6-3-7-19(28)22(17)23(18)27-24/h2-12,28H,1H3,(H,26,27)(H,29,30,31). The predicted molar refractivity (Wildman–Crippen MR) is 128 cm³/mol. The maximum absolute atomic E-state index is 12.0. The van der Waals surface area contributed by atoms with Crippen molar-refractivity contribution in [2.45, 2.75) is 4.90 Å². The number of aromatic amines is 1. The number of benzene rings is 4. The average Bonchev–Trinajstić information content (AvgIpc) is 3.21. The van der Waals surface area contributed by atoms with Gasteiger partial charge in [0.15, 0.2) is 0 Å². The van der Waals surface area contributed by atoms with Gasteiger partial charge in [-0.3, -0.25) is 4.55 Å². The van der Waals surface area contributed by atoms with E-state index in [1.807, 2.05) is 36.4 Å². The zero-order valence-electron chi connectivity index (χ0n) is 17.2. The van der Waals surface area contributed by atoms with Crippen molar-refractivity contribution in [1.29, 1.82) is 0 Å². The lowest BCUT2D eigenvalue weighted by molar-refractivity contribution is 0.416. The van der Waals surface area contributed by atoms with Crippen LogP contribution in [0.2, 0.25) is 5.02 Å². The number of hydrogen-bond acceptors (Lipinski definition) is 5. The van der Waals surface area contributed by atoms with Crippen LogP contribution in [0.4, 0.5) is 0 Å². The largest absolute Gasteiger partial charge is 0.507 e. The van der Waals surface area contributed by atoms with E-state index in [0.29, 0.717) is 33.2 Å². The van der Waals surface area contributed by atoms with E-state index < -0.39 is 10.1 Å². The molecule has 0 fully saturated rings. The summed E-state index contributed by atoms with van der Waals surface area (Å²) in [7, 11) is -3.00. The van der Waals surface area contributed by atoms with E-state index >= 15 is 0 Å². The van der Waals surface area contributed by atoms with E-state index in [2.05, 4.69) is 9.97 Å². The molecule has 5 aromatic rings. The summed E-state index contributed by atoms with van der Waals surface area (Å²) in [6.45, 7) is 0. The van der Waals surface area contributed by atoms with Gasteiger partial charge >= 0.3 is 0 Å². The van der Waals surface area contributed by atoms with Gasteiger partial charge in [0, 0.05) is 10.4 Å². The van der Waals surface area contributed by atoms with Gasteiger partial charge in [-0.25, -0.2) is 4.98 Å². The smallest absolute Gasteiger partial charge is 0.295 e. The summed E-state index contributed by atoms with van der Waals surface area (Å²) in [5.41, 5.74) is 3.16. The first kappa shape index (κ1) is 21.3. The van der Waals surface area contributed by atoms with Crippen LogP contribution in [0.3, 0.4) is 0 Å². The Bertz CT molecular complexity index is 1660. The number of nitrogens with zero attached hydrogens (tertiary/aromatic N) is 1. The highest BCUT2D eigenvalue weighted by molar-refractivity contribution is 7.86. The number of aromatic nitrogens is 2. The number of H-pyrrole nitrogens is 1. The summed E-state index contributed by atoms with van der Waals surface area (Å²) in [6, 6.07) is 18.8. The van der Waals surface area contributed by atoms with Crippen molar-refractivity contribution in [1.82, 2.24) is 9.97 Å². The molecule has 166 valence electrons. The summed E-state index contributed by atoms with van der Waals surface area (Å²) in [5, 5.41) is 11.5. The van der Waals surface area contributed by atoms with Crippen LogP contribution >= 0.6 is 11.6 Å². The van der Waals surface area contributed by atoms with Crippen molar-refractivity contribution in [3.05, 3.63) is 71.8 Å². The van der Waals surface area contributed by atoms with Gasteiger partial charge in [0.05, 0.1) is 23.6 Å². The second-order valence-corrected chi connectivity index (χ2v) is 9.28. The Morgan fingerprint density at radius 2 is 1.76 bits per heavy atom. The number of hydrogen-bond donors (Lipinski definition) is 3. The summed E-state index contributed by atoms with van der Waals surface area (Å²) in [5.74, 6) is 0.802. The van der Waals surface area contributed by atoms with Crippen molar-refractivity contribution >= 4 is 43.5 Å². The summed E-state index contributed by atoms with van der Waals surface area (Å²) in [4.78, 5) is 7.40. The second kappa shape index (κ2) is 7.77. The molecule has 0 aliphatic carbocycles. The van der Waals surface area contributed by atoms with E-state index in [4.69, 9.17) is 16.3 Å². The number of fused-ring (bicyclic) bond motifs is 3. The van der Waals surface area contributed by atoms with Crippen LogP contribution in [-0.2, 0) is 10.1 Å². The minimum atomic E-state index is -4.54. The molecule has 0 spiro atoms. The van der Waals surface area contributed by atoms with Crippen LogP contribution in [0, 0.1) is 0 Å². The Hall–Kier alpha value is -3.59. The molecule has 0 bridgehead atoms. The van der Waals surface area contributed by atoms with Gasteiger partial charge in [0.25, 0.3) is 10.1 Å². The topological polar surface area (TPSA) is 113 Å². The Balaban J connectivity index is 1.74. The highest BCUT2D eigenvalue weighted by Gasteiger charge is 2.21. The Morgan fingerprint density at radius 3 is 2.48 bits per heavy atom. The average molecular weight is 481 g/mol. The van der Waals surface area contributed by atoms with E-state index in [1.165, 1.54) is 24.3 Å². The fraction of sp³-hybridized carbons (Fsp3) is 0.0417. The lowest BCUT2D eigenvalue weighted by Gasteiger charge is -2.09. The number of phenols is 1. The maximum atomic E-state index is 12.0. The van der Waals surface area contributed by atoms with E-state index in [-0.39, 0.29) is 21.4 Å². The van der Waals surface area contributed by atoms with E-state index in [0.717, 1.165) is 11.1 Å². The number of rotatable bonds is 4. The number of halogens is 1. The monoisotopic (exact) mass is 480 g/mol. The van der Waals surface area contributed by atoms with E-state index in [9.17, 15) is 18.1 Å². The van der Waals surface area contributed by atoms with Gasteiger partial charge in [0.1, 0.15) is 27.7 Å². The summed E-state index contributed by atoms with van der Waals surface area (Å²) < 4.78 is 39.3. The van der Waals surface area contributed by atoms with Gasteiger partial charge < -0.3 is 14.8 Å². The Kier molecular flexibility index (Phi) is 5.01. The molecule has 0 aliphatic rings. The highest BCUT2D eigenvalue weighted by Crippen LogP contribution is 2.39. The molecule has 0 atom stereocenters. The molecule has 0 unspecified atom stereocenters. The normalized spacial score (nSPS) is 11.8. The second-order valence-electron chi connectivity index (χ2n) is 7.46. The lowest BCUT2D eigenvalue weighted by atomic mass is 10.0. The van der Waals surface area contributed by atoms with Crippen molar-refractivity contribution in [3.63, 3.8) is 0 Å². The third-order valence-electron chi connectivity index (χ3n) is 5.44. The molecule has 0 radical (unpaired) electrons. The fourth-order valence-electron chi connectivity index (χ4n) is 3.96. The first-order valence-electron chi connectivity index (χ1n) is 9.82. The SMILES string of the molecule is COc1cc(-c2cccc(Cl)c2)ccc1-c1nc2c(cc(S(=O)(=O)O)c3cccc(O)c32)[nH]1. The number of methoxy groups -OCH3 is 1. The van der Waals surface area contributed by atoms with Crippen molar-refractivity contribution in [2.75, 3.05) is 7.11 Å². The minimum absolute atomic E-state index is 0.149. The van der Waals surface area contributed by atoms with Gasteiger partial charge in [-0.2, -0.15) is 8.42 Å². The van der Waals surface area contributed by atoms with E-state index in [1.54, 1.807) is 13.2 Å². The van der Waals surface area contributed by atoms with Crippen molar-refractivity contribution in [2.24, 2.45) is 0 Å². The molecule has 0 saturated heterocycles. The van der Waals surface area contributed by atoms with Crippen LogP contribution < -0.4 is 4.74 Å².